The summed E-state index contributed by atoms with van der Waals surface area (Å²) in [5.41, 5.74) is 0.447. The zero-order chi connectivity index (χ0) is 23.2. The molecular formula is C23H20N4O5S. The van der Waals surface area contributed by atoms with Gasteiger partial charge in [-0.3, -0.25) is 9.59 Å². The summed E-state index contributed by atoms with van der Waals surface area (Å²) >= 11 is 1.31. The minimum absolute atomic E-state index is 0.175. The number of rotatable bonds is 8. The molecule has 10 heteroatoms. The van der Waals surface area contributed by atoms with Crippen LogP contribution in [0.3, 0.4) is 0 Å². The van der Waals surface area contributed by atoms with E-state index in [1.54, 1.807) is 42.5 Å². The molecule has 0 aliphatic carbocycles. The lowest BCUT2D eigenvalue weighted by Crippen LogP contribution is -2.22. The minimum Gasteiger partial charge on any atom is -0.484 e. The number of anilines is 1. The highest BCUT2D eigenvalue weighted by Gasteiger charge is 2.16. The summed E-state index contributed by atoms with van der Waals surface area (Å²) in [4.78, 5) is 42.0. The largest absolute Gasteiger partial charge is 0.484 e. The maximum atomic E-state index is 12.7. The fraction of sp³-hybridized carbons (Fsp3) is 0.174. The maximum Gasteiger partial charge on any atom is 0.340 e. The molecule has 0 aliphatic rings. The van der Waals surface area contributed by atoms with Gasteiger partial charge in [-0.25, -0.2) is 9.78 Å². The van der Waals surface area contributed by atoms with Crippen LogP contribution in [0.1, 0.15) is 28.0 Å². The molecule has 168 valence electrons. The van der Waals surface area contributed by atoms with Crippen LogP contribution in [-0.4, -0.2) is 33.1 Å². The average molecular weight is 465 g/mol. The zero-order valence-electron chi connectivity index (χ0n) is 17.7. The molecule has 4 rings (SSSR count). The van der Waals surface area contributed by atoms with Crippen molar-refractivity contribution in [2.45, 2.75) is 20.0 Å². The quantitative estimate of drug-likeness (QED) is 0.399. The third-order valence-corrected chi connectivity index (χ3v) is 5.58. The van der Waals surface area contributed by atoms with Gasteiger partial charge in [0.25, 0.3) is 11.5 Å². The van der Waals surface area contributed by atoms with E-state index in [1.165, 1.54) is 28.0 Å². The van der Waals surface area contributed by atoms with Crippen LogP contribution in [0.15, 0.2) is 65.5 Å². The number of aromatic nitrogens is 3. The van der Waals surface area contributed by atoms with Gasteiger partial charge in [0.2, 0.25) is 4.96 Å². The Kier molecular flexibility index (Phi) is 6.75. The van der Waals surface area contributed by atoms with E-state index in [4.69, 9.17) is 9.47 Å². The smallest absolute Gasteiger partial charge is 0.340 e. The fourth-order valence-corrected chi connectivity index (χ4v) is 3.81. The molecule has 1 amide bonds. The highest BCUT2D eigenvalue weighted by Crippen LogP contribution is 2.18. The standard InChI is InChI=1S/C23H20N4O5S/c1-2-20-26-27-21(29)12-15(24-23(27)33-20)13-32-22(30)17-10-6-7-11-18(17)25-19(28)14-31-16-8-4-3-5-9-16/h3-12H,2,13-14H2,1H3,(H,25,28). The lowest BCUT2D eigenvalue weighted by molar-refractivity contribution is -0.118. The monoisotopic (exact) mass is 464 g/mol. The molecule has 2 aromatic heterocycles. The number of esters is 1. The molecule has 9 nitrogen and oxygen atoms in total. The normalized spacial score (nSPS) is 10.7. The molecular weight excluding hydrogens is 444 g/mol. The number of hydrogen-bond donors (Lipinski definition) is 1. The average Bonchev–Trinajstić information content (AvgIpc) is 3.26. The van der Waals surface area contributed by atoms with E-state index in [0.717, 1.165) is 5.01 Å². The van der Waals surface area contributed by atoms with Gasteiger partial charge in [-0.15, -0.1) is 0 Å². The fourth-order valence-electron chi connectivity index (χ4n) is 2.95. The third-order valence-electron chi connectivity index (χ3n) is 4.53. The minimum atomic E-state index is -0.657. The predicted molar refractivity (Wildman–Crippen MR) is 123 cm³/mol. The van der Waals surface area contributed by atoms with E-state index in [-0.39, 0.29) is 24.3 Å². The van der Waals surface area contributed by atoms with Crippen molar-refractivity contribution in [2.24, 2.45) is 0 Å². The Morgan fingerprint density at radius 1 is 1.09 bits per heavy atom. The highest BCUT2D eigenvalue weighted by molar-refractivity contribution is 7.16. The number of para-hydroxylation sites is 2. The van der Waals surface area contributed by atoms with Crippen LogP contribution in [0.2, 0.25) is 0 Å². The lowest BCUT2D eigenvalue weighted by atomic mass is 10.2. The van der Waals surface area contributed by atoms with Gasteiger partial charge in [0.15, 0.2) is 6.61 Å². The molecule has 0 bridgehead atoms. The highest BCUT2D eigenvalue weighted by atomic mass is 32.1. The summed E-state index contributed by atoms with van der Waals surface area (Å²) in [6.07, 6.45) is 0.691. The Balaban J connectivity index is 1.41. The van der Waals surface area contributed by atoms with Crippen LogP contribution in [-0.2, 0) is 22.6 Å². The van der Waals surface area contributed by atoms with Crippen LogP contribution in [0.25, 0.3) is 4.96 Å². The molecule has 0 fully saturated rings. The molecule has 4 aromatic rings. The van der Waals surface area contributed by atoms with E-state index >= 15 is 0 Å². The third kappa shape index (κ3) is 5.42. The van der Waals surface area contributed by atoms with Crippen molar-refractivity contribution >= 4 is 33.9 Å². The molecule has 0 atom stereocenters. The lowest BCUT2D eigenvalue weighted by Gasteiger charge is -2.11. The molecule has 1 N–H and O–H groups in total. The van der Waals surface area contributed by atoms with E-state index in [1.807, 2.05) is 13.0 Å². The Morgan fingerprint density at radius 3 is 2.64 bits per heavy atom. The number of fused-ring (bicyclic) bond motifs is 1. The van der Waals surface area contributed by atoms with Crippen molar-refractivity contribution in [3.63, 3.8) is 0 Å². The van der Waals surface area contributed by atoms with E-state index < -0.39 is 11.9 Å². The molecule has 2 aromatic carbocycles. The molecule has 0 aliphatic heterocycles. The first kappa shape index (κ1) is 22.2. The second-order valence-corrected chi connectivity index (χ2v) is 7.94. The first-order valence-electron chi connectivity index (χ1n) is 10.2. The second kappa shape index (κ2) is 10.0. The first-order chi connectivity index (χ1) is 16.0. The van der Waals surface area contributed by atoms with Gasteiger partial charge in [0.1, 0.15) is 17.4 Å². The first-order valence-corrected chi connectivity index (χ1v) is 11.0. The van der Waals surface area contributed by atoms with Crippen LogP contribution in [0.5, 0.6) is 5.75 Å². The number of benzene rings is 2. The van der Waals surface area contributed by atoms with Crippen LogP contribution in [0.4, 0.5) is 5.69 Å². The van der Waals surface area contributed by atoms with Gasteiger partial charge >= 0.3 is 5.97 Å². The van der Waals surface area contributed by atoms with Crippen molar-refractivity contribution in [2.75, 3.05) is 11.9 Å². The summed E-state index contributed by atoms with van der Waals surface area (Å²) in [5.74, 6) is -0.515. The van der Waals surface area contributed by atoms with Crippen LogP contribution in [0, 0.1) is 0 Å². The number of aryl methyl sites for hydroxylation is 1. The number of carbonyl (C=O) groups excluding carboxylic acids is 2. The number of hydrogen-bond acceptors (Lipinski definition) is 8. The Morgan fingerprint density at radius 2 is 1.85 bits per heavy atom. The summed E-state index contributed by atoms with van der Waals surface area (Å²) in [7, 11) is 0. The van der Waals surface area contributed by atoms with E-state index in [9.17, 15) is 14.4 Å². The number of nitrogens with zero attached hydrogens (tertiary/aromatic N) is 3. The summed E-state index contributed by atoms with van der Waals surface area (Å²) in [6.45, 7) is 1.54. The van der Waals surface area contributed by atoms with Gasteiger partial charge in [-0.05, 0) is 30.7 Å². The second-order valence-electron chi connectivity index (χ2n) is 6.90. The predicted octanol–water partition coefficient (Wildman–Crippen LogP) is 3.09. The molecule has 0 spiro atoms. The molecule has 0 saturated carbocycles. The summed E-state index contributed by atoms with van der Waals surface area (Å²) < 4.78 is 12.0. The molecule has 33 heavy (non-hydrogen) atoms. The van der Waals surface area contributed by atoms with Gasteiger partial charge in [0.05, 0.1) is 16.9 Å². The van der Waals surface area contributed by atoms with Crippen molar-refractivity contribution in [1.29, 1.82) is 0 Å². The van der Waals surface area contributed by atoms with Crippen molar-refractivity contribution in [1.82, 2.24) is 14.6 Å². The van der Waals surface area contributed by atoms with E-state index in [0.29, 0.717) is 28.5 Å². The Labute approximate surface area is 192 Å². The Bertz CT molecular complexity index is 1350. The van der Waals surface area contributed by atoms with Crippen LogP contribution >= 0.6 is 11.3 Å². The zero-order valence-corrected chi connectivity index (χ0v) is 18.5. The number of nitrogens with one attached hydrogen (secondary N) is 1. The number of carbonyl (C=O) groups is 2. The van der Waals surface area contributed by atoms with Crippen molar-refractivity contribution < 1.29 is 19.1 Å². The molecule has 0 saturated heterocycles. The van der Waals surface area contributed by atoms with Gasteiger partial charge in [0, 0.05) is 6.07 Å². The van der Waals surface area contributed by atoms with Gasteiger partial charge in [-0.2, -0.15) is 9.61 Å². The summed E-state index contributed by atoms with van der Waals surface area (Å²) in [5, 5.41) is 7.64. The van der Waals surface area contributed by atoms with Crippen molar-refractivity contribution in [3.05, 3.63) is 87.3 Å². The van der Waals surface area contributed by atoms with Crippen LogP contribution < -0.4 is 15.6 Å². The van der Waals surface area contributed by atoms with Gasteiger partial charge < -0.3 is 14.8 Å². The molecule has 0 unspecified atom stereocenters. The van der Waals surface area contributed by atoms with E-state index in [2.05, 4.69) is 15.4 Å². The van der Waals surface area contributed by atoms with Gasteiger partial charge in [-0.1, -0.05) is 48.6 Å². The SMILES string of the molecule is CCc1nn2c(=O)cc(COC(=O)c3ccccc3NC(=O)COc3ccccc3)nc2s1. The topological polar surface area (TPSA) is 112 Å². The Hall–Kier alpha value is -4.05. The number of ether oxygens (including phenoxy) is 2. The maximum absolute atomic E-state index is 12.7. The molecule has 0 radical (unpaired) electrons. The number of amides is 1. The van der Waals surface area contributed by atoms with Crippen molar-refractivity contribution in [3.8, 4) is 5.75 Å². The summed E-state index contributed by atoms with van der Waals surface area (Å²) in [6, 6.07) is 16.7. The molecule has 2 heterocycles.